The van der Waals surface area contributed by atoms with E-state index in [0.717, 1.165) is 16.5 Å². The van der Waals surface area contributed by atoms with E-state index >= 15 is 0 Å². The number of anilines is 1. The molecule has 2 aromatic heterocycles. The number of H-pyrrole nitrogens is 1. The molecule has 0 amide bonds. The smallest absolute Gasteiger partial charge is 0.326 e. The standard InChI is InChI=1S/C20H18N4O3/c1-27-13-6-7-17-15(9-13)19(23-11-22-17)24-18(20(25)26)8-12-10-21-16-5-3-2-4-14(12)16/h2-7,9-11,18,21H,8H2,1H3,(H,25,26)(H,22,23,24). The number of hydrogen-bond acceptors (Lipinski definition) is 5. The van der Waals surface area contributed by atoms with Crippen LogP contribution in [-0.4, -0.2) is 39.2 Å². The summed E-state index contributed by atoms with van der Waals surface area (Å²) in [4.78, 5) is 23.5. The maximum absolute atomic E-state index is 11.9. The number of nitrogens with zero attached hydrogens (tertiary/aromatic N) is 2. The summed E-state index contributed by atoms with van der Waals surface area (Å²) in [6, 6.07) is 12.4. The van der Waals surface area contributed by atoms with Crippen molar-refractivity contribution in [2.45, 2.75) is 12.5 Å². The van der Waals surface area contributed by atoms with E-state index in [2.05, 4.69) is 20.3 Å². The minimum Gasteiger partial charge on any atom is -0.497 e. The van der Waals surface area contributed by atoms with Crippen molar-refractivity contribution in [1.29, 1.82) is 0 Å². The molecule has 4 aromatic rings. The highest BCUT2D eigenvalue weighted by Gasteiger charge is 2.21. The van der Waals surface area contributed by atoms with Gasteiger partial charge >= 0.3 is 5.97 Å². The summed E-state index contributed by atoms with van der Waals surface area (Å²) >= 11 is 0. The summed E-state index contributed by atoms with van der Waals surface area (Å²) in [6.07, 6.45) is 3.58. The number of carboxylic acid groups (broad SMARTS) is 1. The van der Waals surface area contributed by atoms with E-state index in [0.29, 0.717) is 28.9 Å². The molecule has 3 N–H and O–H groups in total. The van der Waals surface area contributed by atoms with Gasteiger partial charge in [0.2, 0.25) is 0 Å². The first-order valence-electron chi connectivity index (χ1n) is 8.49. The predicted octanol–water partition coefficient (Wildman–Crippen LogP) is 3.23. The molecule has 0 spiro atoms. The molecule has 4 rings (SSSR count). The highest BCUT2D eigenvalue weighted by molar-refractivity contribution is 5.92. The van der Waals surface area contributed by atoms with Crippen LogP contribution in [0.15, 0.2) is 55.0 Å². The third-order valence-corrected chi connectivity index (χ3v) is 4.55. The quantitative estimate of drug-likeness (QED) is 0.487. The predicted molar refractivity (Wildman–Crippen MR) is 103 cm³/mol. The van der Waals surface area contributed by atoms with Gasteiger partial charge in [-0.15, -0.1) is 0 Å². The Morgan fingerprint density at radius 1 is 1.22 bits per heavy atom. The fourth-order valence-corrected chi connectivity index (χ4v) is 3.16. The van der Waals surface area contributed by atoms with Gasteiger partial charge in [-0.05, 0) is 29.8 Å². The maximum Gasteiger partial charge on any atom is 0.326 e. The van der Waals surface area contributed by atoms with E-state index < -0.39 is 12.0 Å². The highest BCUT2D eigenvalue weighted by Crippen LogP contribution is 2.26. The second kappa shape index (κ2) is 6.95. The maximum atomic E-state index is 11.9. The van der Waals surface area contributed by atoms with Gasteiger partial charge in [-0.2, -0.15) is 0 Å². The molecule has 0 saturated carbocycles. The zero-order valence-corrected chi connectivity index (χ0v) is 14.6. The number of hydrogen-bond donors (Lipinski definition) is 3. The minimum atomic E-state index is -0.949. The van der Waals surface area contributed by atoms with Crippen molar-refractivity contribution in [3.05, 3.63) is 60.6 Å². The van der Waals surface area contributed by atoms with Crippen LogP contribution in [0.3, 0.4) is 0 Å². The van der Waals surface area contributed by atoms with Crippen LogP contribution in [-0.2, 0) is 11.2 Å². The molecule has 2 heterocycles. The van der Waals surface area contributed by atoms with E-state index in [1.54, 1.807) is 19.2 Å². The number of aromatic amines is 1. The Labute approximate surface area is 155 Å². The van der Waals surface area contributed by atoms with Gasteiger partial charge < -0.3 is 20.1 Å². The van der Waals surface area contributed by atoms with Gasteiger partial charge in [0, 0.05) is 28.9 Å². The first-order valence-corrected chi connectivity index (χ1v) is 8.49. The summed E-state index contributed by atoms with van der Waals surface area (Å²) in [5.74, 6) is 0.171. The highest BCUT2D eigenvalue weighted by atomic mass is 16.5. The number of carboxylic acids is 1. The van der Waals surface area contributed by atoms with E-state index in [1.165, 1.54) is 6.33 Å². The van der Waals surface area contributed by atoms with Crippen LogP contribution in [0.1, 0.15) is 5.56 Å². The third kappa shape index (κ3) is 3.27. The normalized spacial score (nSPS) is 12.2. The largest absolute Gasteiger partial charge is 0.497 e. The molecule has 136 valence electrons. The number of benzene rings is 2. The summed E-state index contributed by atoms with van der Waals surface area (Å²) in [5, 5.41) is 14.5. The van der Waals surface area contributed by atoms with E-state index in [1.807, 2.05) is 36.5 Å². The molecule has 1 unspecified atom stereocenters. The number of rotatable bonds is 6. The molecule has 0 radical (unpaired) electrons. The molecule has 0 saturated heterocycles. The molecule has 2 aromatic carbocycles. The molecule has 0 aliphatic heterocycles. The molecular formula is C20H18N4O3. The van der Waals surface area contributed by atoms with Crippen molar-refractivity contribution in [3.8, 4) is 5.75 Å². The van der Waals surface area contributed by atoms with Gasteiger partial charge in [-0.25, -0.2) is 14.8 Å². The number of fused-ring (bicyclic) bond motifs is 2. The van der Waals surface area contributed by atoms with Crippen LogP contribution in [0.4, 0.5) is 5.82 Å². The number of nitrogens with one attached hydrogen (secondary N) is 2. The Kier molecular flexibility index (Phi) is 4.33. The van der Waals surface area contributed by atoms with Gasteiger partial charge in [0.25, 0.3) is 0 Å². The van der Waals surface area contributed by atoms with E-state index in [-0.39, 0.29) is 0 Å². The van der Waals surface area contributed by atoms with Crippen molar-refractivity contribution in [3.63, 3.8) is 0 Å². The van der Waals surface area contributed by atoms with E-state index in [4.69, 9.17) is 4.74 Å². The lowest BCUT2D eigenvalue weighted by molar-refractivity contribution is -0.137. The van der Waals surface area contributed by atoms with Crippen LogP contribution in [0.25, 0.3) is 21.8 Å². The fraction of sp³-hybridized carbons (Fsp3) is 0.150. The zero-order valence-electron chi connectivity index (χ0n) is 14.6. The molecule has 7 heteroatoms. The average Bonchev–Trinajstić information content (AvgIpc) is 3.10. The van der Waals surface area contributed by atoms with Crippen molar-refractivity contribution in [1.82, 2.24) is 15.0 Å². The lowest BCUT2D eigenvalue weighted by Gasteiger charge is -2.16. The molecule has 0 bridgehead atoms. The van der Waals surface area contributed by atoms with Crippen LogP contribution in [0.5, 0.6) is 5.75 Å². The minimum absolute atomic E-state index is 0.314. The van der Waals surface area contributed by atoms with Crippen molar-refractivity contribution in [2.24, 2.45) is 0 Å². The second-order valence-electron chi connectivity index (χ2n) is 6.20. The van der Waals surface area contributed by atoms with Gasteiger partial charge in [0.1, 0.15) is 23.9 Å². The Bertz CT molecular complexity index is 1120. The van der Waals surface area contributed by atoms with Gasteiger partial charge in [-0.1, -0.05) is 18.2 Å². The fourth-order valence-electron chi connectivity index (χ4n) is 3.16. The van der Waals surface area contributed by atoms with Gasteiger partial charge in [-0.3, -0.25) is 0 Å². The Morgan fingerprint density at radius 2 is 2.07 bits per heavy atom. The van der Waals surface area contributed by atoms with Gasteiger partial charge in [0.05, 0.1) is 12.6 Å². The summed E-state index contributed by atoms with van der Waals surface area (Å²) in [7, 11) is 1.58. The number of methoxy groups -OCH3 is 1. The number of aliphatic carboxylic acids is 1. The lowest BCUT2D eigenvalue weighted by atomic mass is 10.0. The molecule has 27 heavy (non-hydrogen) atoms. The van der Waals surface area contributed by atoms with E-state index in [9.17, 15) is 9.90 Å². The monoisotopic (exact) mass is 362 g/mol. The second-order valence-corrected chi connectivity index (χ2v) is 6.20. The number of ether oxygens (including phenoxy) is 1. The molecule has 0 fully saturated rings. The zero-order chi connectivity index (χ0) is 18.8. The summed E-state index contributed by atoms with van der Waals surface area (Å²) in [5.41, 5.74) is 2.62. The number of aromatic nitrogens is 3. The topological polar surface area (TPSA) is 100 Å². The SMILES string of the molecule is COc1ccc2ncnc(NC(Cc3c[nH]c4ccccc34)C(=O)O)c2c1. The molecule has 7 nitrogen and oxygen atoms in total. The van der Waals surface area contributed by atoms with Crippen molar-refractivity contribution >= 4 is 33.6 Å². The Hall–Kier alpha value is -3.61. The number of para-hydroxylation sites is 1. The lowest BCUT2D eigenvalue weighted by Crippen LogP contribution is -2.32. The summed E-state index contributed by atoms with van der Waals surface area (Å²) in [6.45, 7) is 0. The van der Waals surface area contributed by atoms with Crippen molar-refractivity contribution in [2.75, 3.05) is 12.4 Å². The first kappa shape index (κ1) is 16.8. The van der Waals surface area contributed by atoms with Crippen LogP contribution >= 0.6 is 0 Å². The Morgan fingerprint density at radius 3 is 2.89 bits per heavy atom. The van der Waals surface area contributed by atoms with Crippen LogP contribution in [0, 0.1) is 0 Å². The molecule has 0 aliphatic carbocycles. The number of carbonyl (C=O) groups is 1. The van der Waals surface area contributed by atoms with Crippen molar-refractivity contribution < 1.29 is 14.6 Å². The van der Waals surface area contributed by atoms with Crippen LogP contribution in [0.2, 0.25) is 0 Å². The molecular weight excluding hydrogens is 344 g/mol. The van der Waals surface area contributed by atoms with Crippen LogP contribution < -0.4 is 10.1 Å². The summed E-state index contributed by atoms with van der Waals surface area (Å²) < 4.78 is 5.26. The Balaban J connectivity index is 1.68. The molecule has 1 atom stereocenters. The molecule has 0 aliphatic rings. The third-order valence-electron chi connectivity index (χ3n) is 4.55. The average molecular weight is 362 g/mol. The van der Waals surface area contributed by atoms with Gasteiger partial charge in [0.15, 0.2) is 0 Å². The first-order chi connectivity index (χ1) is 13.2.